The Balaban J connectivity index is 1.62. The van der Waals surface area contributed by atoms with Gasteiger partial charge in [-0.2, -0.15) is 0 Å². The van der Waals surface area contributed by atoms with Crippen LogP contribution in [0.1, 0.15) is 42.2 Å². The molecule has 0 unspecified atom stereocenters. The number of nitrogens with zero attached hydrogens (tertiary/aromatic N) is 3. The fraction of sp³-hybridized carbons (Fsp3) is 0.300. The number of hydrogen-bond acceptors (Lipinski definition) is 6. The van der Waals surface area contributed by atoms with Crippen molar-refractivity contribution in [1.82, 2.24) is 14.7 Å². The summed E-state index contributed by atoms with van der Waals surface area (Å²) in [6.45, 7) is 3.03. The lowest BCUT2D eigenvalue weighted by Gasteiger charge is -2.07. The molecule has 0 aliphatic rings. The molecule has 27 heavy (non-hydrogen) atoms. The maximum atomic E-state index is 8.76. The highest BCUT2D eigenvalue weighted by molar-refractivity contribution is 5.41. The van der Waals surface area contributed by atoms with Crippen LogP contribution in [0.5, 0.6) is 5.75 Å². The lowest BCUT2D eigenvalue weighted by atomic mass is 10.2. The second kappa shape index (κ2) is 9.03. The SMILES string of the molecule is C[C@H](N)c1nccn1Cc1cc(C#Cc2ccc(OCCCO)cc2)on1. The van der Waals surface area contributed by atoms with E-state index >= 15 is 0 Å². The van der Waals surface area contributed by atoms with Crippen molar-refractivity contribution in [2.45, 2.75) is 25.9 Å². The number of imidazole rings is 1. The smallest absolute Gasteiger partial charge is 0.210 e. The molecule has 3 aromatic rings. The van der Waals surface area contributed by atoms with Gasteiger partial charge in [-0.3, -0.25) is 0 Å². The number of hydrogen-bond donors (Lipinski definition) is 2. The minimum atomic E-state index is -0.151. The zero-order chi connectivity index (χ0) is 19.1. The van der Waals surface area contributed by atoms with Gasteiger partial charge in [0.05, 0.1) is 19.2 Å². The van der Waals surface area contributed by atoms with Crippen LogP contribution < -0.4 is 10.5 Å². The quantitative estimate of drug-likeness (QED) is 0.491. The van der Waals surface area contributed by atoms with Gasteiger partial charge >= 0.3 is 0 Å². The van der Waals surface area contributed by atoms with Crippen LogP contribution in [-0.2, 0) is 6.54 Å². The fourth-order valence-electron chi connectivity index (χ4n) is 2.50. The normalized spacial score (nSPS) is 11.7. The molecule has 2 heterocycles. The Hall–Kier alpha value is -3.08. The van der Waals surface area contributed by atoms with E-state index in [2.05, 4.69) is 22.0 Å². The zero-order valence-corrected chi connectivity index (χ0v) is 15.1. The van der Waals surface area contributed by atoms with Crippen molar-refractivity contribution in [2.75, 3.05) is 13.2 Å². The van der Waals surface area contributed by atoms with Gasteiger partial charge in [0.1, 0.15) is 17.3 Å². The minimum Gasteiger partial charge on any atom is -0.494 e. The Morgan fingerprint density at radius 2 is 2.11 bits per heavy atom. The molecule has 1 atom stereocenters. The summed E-state index contributed by atoms with van der Waals surface area (Å²) < 4.78 is 12.7. The van der Waals surface area contributed by atoms with Gasteiger partial charge in [-0.05, 0) is 37.1 Å². The summed E-state index contributed by atoms with van der Waals surface area (Å²) >= 11 is 0. The molecule has 0 amide bonds. The van der Waals surface area contributed by atoms with Crippen LogP contribution in [0.3, 0.4) is 0 Å². The van der Waals surface area contributed by atoms with Gasteiger partial charge in [0.25, 0.3) is 0 Å². The van der Waals surface area contributed by atoms with Crippen molar-refractivity contribution >= 4 is 0 Å². The Bertz CT molecular complexity index is 917. The molecule has 0 saturated carbocycles. The fourth-order valence-corrected chi connectivity index (χ4v) is 2.50. The van der Waals surface area contributed by atoms with E-state index in [0.717, 1.165) is 22.8 Å². The molecule has 140 valence electrons. The average Bonchev–Trinajstić information content (AvgIpc) is 3.31. The molecule has 7 nitrogen and oxygen atoms in total. The second-order valence-corrected chi connectivity index (χ2v) is 6.08. The maximum Gasteiger partial charge on any atom is 0.210 e. The Morgan fingerprint density at radius 1 is 1.30 bits per heavy atom. The molecule has 0 bridgehead atoms. The molecule has 0 aliphatic heterocycles. The molecular weight excluding hydrogens is 344 g/mol. The zero-order valence-electron chi connectivity index (χ0n) is 15.1. The van der Waals surface area contributed by atoms with Crippen molar-refractivity contribution in [3.63, 3.8) is 0 Å². The van der Waals surface area contributed by atoms with E-state index in [1.807, 2.05) is 48.0 Å². The van der Waals surface area contributed by atoms with Gasteiger partial charge in [-0.15, -0.1) is 0 Å². The van der Waals surface area contributed by atoms with Crippen molar-refractivity contribution in [3.8, 4) is 17.6 Å². The van der Waals surface area contributed by atoms with E-state index in [1.165, 1.54) is 0 Å². The number of rotatable bonds is 7. The molecule has 3 N–H and O–H groups in total. The van der Waals surface area contributed by atoms with Crippen molar-refractivity contribution in [3.05, 3.63) is 65.6 Å². The highest BCUT2D eigenvalue weighted by atomic mass is 16.5. The average molecular weight is 366 g/mol. The first kappa shape index (κ1) is 18.7. The monoisotopic (exact) mass is 366 g/mol. The number of benzene rings is 1. The molecule has 0 saturated heterocycles. The highest BCUT2D eigenvalue weighted by Gasteiger charge is 2.10. The van der Waals surface area contributed by atoms with Crippen molar-refractivity contribution < 1.29 is 14.4 Å². The molecule has 1 aromatic carbocycles. The summed E-state index contributed by atoms with van der Waals surface area (Å²) in [6, 6.07) is 9.10. The van der Waals surface area contributed by atoms with Gasteiger partial charge in [0.2, 0.25) is 5.76 Å². The standard InChI is InChI=1S/C20H22N4O3/c1-15(21)20-22-9-10-24(20)14-17-13-19(27-23-17)8-5-16-3-6-18(7-4-16)26-12-2-11-25/h3-4,6-7,9-10,13,15,25H,2,11-12,14,21H2,1H3/t15-/m0/s1. The lowest BCUT2D eigenvalue weighted by Crippen LogP contribution is -2.13. The number of aliphatic hydroxyl groups excluding tert-OH is 1. The summed E-state index contributed by atoms with van der Waals surface area (Å²) in [4.78, 5) is 4.25. The van der Waals surface area contributed by atoms with Crippen LogP contribution in [0.4, 0.5) is 0 Å². The molecule has 0 spiro atoms. The van der Waals surface area contributed by atoms with Gasteiger partial charge < -0.3 is 24.7 Å². The van der Waals surface area contributed by atoms with Gasteiger partial charge in [-0.1, -0.05) is 11.1 Å². The molecular formula is C20H22N4O3. The summed E-state index contributed by atoms with van der Waals surface area (Å²) in [5.74, 6) is 8.05. The van der Waals surface area contributed by atoms with E-state index in [9.17, 15) is 0 Å². The first-order valence-corrected chi connectivity index (χ1v) is 8.73. The number of nitrogens with two attached hydrogens (primary N) is 1. The predicted octanol–water partition coefficient (Wildman–Crippen LogP) is 2.10. The van der Waals surface area contributed by atoms with E-state index in [0.29, 0.717) is 25.3 Å². The summed E-state index contributed by atoms with van der Waals surface area (Å²) in [5.41, 5.74) is 7.51. The third kappa shape index (κ3) is 5.20. The Morgan fingerprint density at radius 3 is 2.85 bits per heavy atom. The van der Waals surface area contributed by atoms with Crippen LogP contribution >= 0.6 is 0 Å². The van der Waals surface area contributed by atoms with E-state index in [-0.39, 0.29) is 12.6 Å². The van der Waals surface area contributed by atoms with Crippen LogP contribution in [0.15, 0.2) is 47.2 Å². The number of aliphatic hydroxyl groups is 1. The predicted molar refractivity (Wildman–Crippen MR) is 100 cm³/mol. The van der Waals surface area contributed by atoms with E-state index in [4.69, 9.17) is 20.1 Å². The molecule has 2 aromatic heterocycles. The van der Waals surface area contributed by atoms with Crippen LogP contribution in [-0.4, -0.2) is 33.0 Å². The first-order valence-electron chi connectivity index (χ1n) is 8.73. The van der Waals surface area contributed by atoms with Crippen molar-refractivity contribution in [1.29, 1.82) is 0 Å². The summed E-state index contributed by atoms with van der Waals surface area (Å²) in [7, 11) is 0. The van der Waals surface area contributed by atoms with Gasteiger partial charge in [-0.25, -0.2) is 4.98 Å². The Labute approximate surface area is 157 Å². The topological polar surface area (TPSA) is 99.3 Å². The summed E-state index contributed by atoms with van der Waals surface area (Å²) in [6.07, 6.45) is 4.19. The second-order valence-electron chi connectivity index (χ2n) is 6.08. The minimum absolute atomic E-state index is 0.121. The molecule has 0 fully saturated rings. The molecule has 0 radical (unpaired) electrons. The van der Waals surface area contributed by atoms with E-state index in [1.54, 1.807) is 6.20 Å². The van der Waals surface area contributed by atoms with Crippen molar-refractivity contribution in [2.24, 2.45) is 5.73 Å². The van der Waals surface area contributed by atoms with Crippen LogP contribution in [0.2, 0.25) is 0 Å². The maximum absolute atomic E-state index is 8.76. The van der Waals surface area contributed by atoms with E-state index < -0.39 is 0 Å². The van der Waals surface area contributed by atoms with Gasteiger partial charge in [0, 0.05) is 37.1 Å². The van der Waals surface area contributed by atoms with Crippen LogP contribution in [0.25, 0.3) is 0 Å². The van der Waals surface area contributed by atoms with Gasteiger partial charge in [0.15, 0.2) is 0 Å². The largest absolute Gasteiger partial charge is 0.494 e. The third-order valence-electron chi connectivity index (χ3n) is 3.80. The highest BCUT2D eigenvalue weighted by Crippen LogP contribution is 2.13. The number of aromatic nitrogens is 3. The first-order chi connectivity index (χ1) is 13.2. The lowest BCUT2D eigenvalue weighted by molar-refractivity contribution is 0.233. The van der Waals surface area contributed by atoms with Crippen LogP contribution in [0, 0.1) is 11.8 Å². The Kier molecular flexibility index (Phi) is 6.26. The molecule has 3 rings (SSSR count). The molecule has 0 aliphatic carbocycles. The molecule has 7 heteroatoms. The third-order valence-corrected chi connectivity index (χ3v) is 3.80. The number of ether oxygens (including phenoxy) is 1. The summed E-state index contributed by atoms with van der Waals surface area (Å²) in [5, 5.41) is 12.8.